The summed E-state index contributed by atoms with van der Waals surface area (Å²) in [5, 5.41) is 0. The molecule has 6 nitrogen and oxygen atoms in total. The minimum atomic E-state index is -0.953. The van der Waals surface area contributed by atoms with Gasteiger partial charge in [-0.3, -0.25) is 9.69 Å². The van der Waals surface area contributed by atoms with E-state index in [0.717, 1.165) is 43.2 Å². The molecule has 0 bridgehead atoms. The topological polar surface area (TPSA) is 77.2 Å². The lowest BCUT2D eigenvalue weighted by atomic mass is 9.61. The lowest BCUT2D eigenvalue weighted by Crippen LogP contribution is -2.52. The van der Waals surface area contributed by atoms with Gasteiger partial charge in [-0.25, -0.2) is 4.99 Å². The summed E-state index contributed by atoms with van der Waals surface area (Å²) < 4.78 is 11.5. The second kappa shape index (κ2) is 8.45. The van der Waals surface area contributed by atoms with E-state index in [1.807, 2.05) is 30.3 Å². The molecule has 2 N–H and O–H groups in total. The number of fused-ring (bicyclic) bond motifs is 3. The van der Waals surface area contributed by atoms with Crippen LogP contribution in [0.15, 0.2) is 53.5 Å². The molecule has 6 rings (SSSR count). The lowest BCUT2D eigenvalue weighted by molar-refractivity contribution is -0.139. The molecule has 1 heterocycles. The number of aliphatic imine (C=N–C) groups is 1. The predicted octanol–water partition coefficient (Wildman–Crippen LogP) is 4.44. The molecule has 35 heavy (non-hydrogen) atoms. The van der Waals surface area contributed by atoms with Crippen LogP contribution >= 0.6 is 0 Å². The van der Waals surface area contributed by atoms with Gasteiger partial charge >= 0.3 is 0 Å². The molecule has 0 radical (unpaired) electrons. The van der Waals surface area contributed by atoms with Gasteiger partial charge in [-0.05, 0) is 73.1 Å². The van der Waals surface area contributed by atoms with Gasteiger partial charge in [0.25, 0.3) is 5.91 Å². The summed E-state index contributed by atoms with van der Waals surface area (Å²) in [5.41, 5.74) is 10.1. The molecule has 2 spiro atoms. The van der Waals surface area contributed by atoms with Gasteiger partial charge in [-0.2, -0.15) is 0 Å². The highest BCUT2D eigenvalue weighted by molar-refractivity contribution is 6.08. The maximum Gasteiger partial charge on any atom is 0.262 e. The minimum Gasteiger partial charge on any atom is -0.381 e. The van der Waals surface area contributed by atoms with Crippen LogP contribution in [-0.2, 0) is 26.2 Å². The van der Waals surface area contributed by atoms with Crippen molar-refractivity contribution in [2.24, 2.45) is 16.1 Å². The number of carbonyl (C=O) groups excluding carboxylic acids is 1. The Morgan fingerprint density at radius 3 is 2.49 bits per heavy atom. The third kappa shape index (κ3) is 3.45. The highest BCUT2D eigenvalue weighted by atomic mass is 16.5. The van der Waals surface area contributed by atoms with Gasteiger partial charge in [0, 0.05) is 19.6 Å². The number of benzene rings is 2. The van der Waals surface area contributed by atoms with Gasteiger partial charge in [0.15, 0.2) is 11.5 Å². The van der Waals surface area contributed by atoms with E-state index in [1.54, 1.807) is 19.1 Å². The molecule has 1 aliphatic heterocycles. The largest absolute Gasteiger partial charge is 0.381 e. The monoisotopic (exact) mass is 473 g/mol. The third-order valence-corrected chi connectivity index (χ3v) is 9.01. The quantitative estimate of drug-likeness (QED) is 0.673. The highest BCUT2D eigenvalue weighted by Gasteiger charge is 2.66. The molecule has 0 aromatic heterocycles. The van der Waals surface area contributed by atoms with Crippen LogP contribution in [0, 0.1) is 5.41 Å². The molecule has 3 aliphatic carbocycles. The molecular formula is C29H35N3O3. The van der Waals surface area contributed by atoms with Crippen molar-refractivity contribution in [1.29, 1.82) is 0 Å². The van der Waals surface area contributed by atoms with Crippen molar-refractivity contribution in [2.75, 3.05) is 20.8 Å². The summed E-state index contributed by atoms with van der Waals surface area (Å²) in [6, 6.07) is 16.8. The Morgan fingerprint density at radius 1 is 1.09 bits per heavy atom. The first kappa shape index (κ1) is 22.7. The first-order valence-corrected chi connectivity index (χ1v) is 12.9. The minimum absolute atomic E-state index is 0.00976. The number of amides is 1. The zero-order valence-electron chi connectivity index (χ0n) is 20.7. The summed E-state index contributed by atoms with van der Waals surface area (Å²) in [6.45, 7) is 0.352. The molecule has 6 heteroatoms. The summed E-state index contributed by atoms with van der Waals surface area (Å²) >= 11 is 0. The van der Waals surface area contributed by atoms with Gasteiger partial charge in [-0.15, -0.1) is 0 Å². The summed E-state index contributed by atoms with van der Waals surface area (Å²) in [5.74, 6) is 0.935. The van der Waals surface area contributed by atoms with Crippen LogP contribution in [-0.4, -0.2) is 43.6 Å². The predicted molar refractivity (Wildman–Crippen MR) is 135 cm³/mol. The van der Waals surface area contributed by atoms with Crippen molar-refractivity contribution in [3.05, 3.63) is 70.8 Å². The highest BCUT2D eigenvalue weighted by Crippen LogP contribution is 2.62. The van der Waals surface area contributed by atoms with Crippen LogP contribution in [0.1, 0.15) is 72.8 Å². The first-order chi connectivity index (χ1) is 17.0. The van der Waals surface area contributed by atoms with Crippen LogP contribution < -0.4 is 5.73 Å². The molecule has 1 amide bonds. The Hall–Kier alpha value is -2.70. The lowest BCUT2D eigenvalue weighted by Gasteiger charge is -2.45. The van der Waals surface area contributed by atoms with E-state index in [0.29, 0.717) is 18.4 Å². The molecule has 0 saturated heterocycles. The Bertz CT molecular complexity index is 1150. The van der Waals surface area contributed by atoms with Crippen LogP contribution in [0.2, 0.25) is 0 Å². The average Bonchev–Trinajstić information content (AvgIpc) is 3.66. The number of nitrogens with zero attached hydrogens (tertiary/aromatic N) is 2. The van der Waals surface area contributed by atoms with Crippen molar-refractivity contribution >= 4 is 11.9 Å². The fourth-order valence-electron chi connectivity index (χ4n) is 6.88. The Kier molecular flexibility index (Phi) is 5.49. The Balaban J connectivity index is 1.41. The molecular weight excluding hydrogens is 438 g/mol. The van der Waals surface area contributed by atoms with Gasteiger partial charge in [0.2, 0.25) is 0 Å². The molecule has 4 aliphatic rings. The van der Waals surface area contributed by atoms with E-state index in [2.05, 4.69) is 18.2 Å². The summed E-state index contributed by atoms with van der Waals surface area (Å²) in [7, 11) is 3.47. The maximum absolute atomic E-state index is 14.6. The number of hydrogen-bond acceptors (Lipinski definition) is 5. The maximum atomic E-state index is 14.6. The van der Waals surface area contributed by atoms with Crippen LogP contribution in [0.5, 0.6) is 0 Å². The van der Waals surface area contributed by atoms with Gasteiger partial charge in [0.1, 0.15) is 6.10 Å². The third-order valence-electron chi connectivity index (χ3n) is 9.01. The van der Waals surface area contributed by atoms with E-state index in [4.69, 9.17) is 20.2 Å². The Morgan fingerprint density at radius 2 is 1.83 bits per heavy atom. The smallest absolute Gasteiger partial charge is 0.262 e. The number of guanidine groups is 1. The zero-order valence-corrected chi connectivity index (χ0v) is 20.7. The van der Waals surface area contributed by atoms with Crippen molar-refractivity contribution < 1.29 is 14.3 Å². The molecule has 2 aromatic rings. The molecule has 2 saturated carbocycles. The molecule has 1 unspecified atom stereocenters. The molecule has 2 aromatic carbocycles. The molecule has 2 fully saturated rings. The van der Waals surface area contributed by atoms with Gasteiger partial charge in [-0.1, -0.05) is 48.5 Å². The van der Waals surface area contributed by atoms with E-state index in [9.17, 15) is 4.79 Å². The van der Waals surface area contributed by atoms with Gasteiger partial charge in [0.05, 0.1) is 12.6 Å². The summed E-state index contributed by atoms with van der Waals surface area (Å²) in [4.78, 5) is 21.4. The standard InChI is InChI=1S/C29H35N3O3/c1-34-23-12-14-28(15-13-23)17-22-11-10-21(19-8-9-19)16-24(22)29(28)26(33)32(27(30)31-29)18-25(35-2)20-6-4-3-5-7-20/h3-7,10-11,16,19,23,25H,8-9,12-15,17-18H2,1-2H3,(H2,30,31)/t23?,25-,28?,29?/m0/s1. The van der Waals surface area contributed by atoms with Gasteiger partial charge < -0.3 is 15.2 Å². The van der Waals surface area contributed by atoms with Crippen molar-refractivity contribution in [2.45, 2.75) is 68.6 Å². The van der Waals surface area contributed by atoms with E-state index >= 15 is 0 Å². The van der Waals surface area contributed by atoms with Crippen LogP contribution in [0.3, 0.4) is 0 Å². The number of rotatable bonds is 6. The number of hydrogen-bond donors (Lipinski definition) is 1. The number of carbonyl (C=O) groups is 1. The van der Waals surface area contributed by atoms with E-state index in [1.165, 1.54) is 24.0 Å². The SMILES string of the molecule is COC1CCC2(CC1)Cc1ccc(C3CC3)cc1C21N=C(N)N(C[C@H](OC)c2ccccc2)C1=O. The van der Waals surface area contributed by atoms with Crippen LogP contribution in [0.25, 0.3) is 0 Å². The first-order valence-electron chi connectivity index (χ1n) is 12.9. The van der Waals surface area contributed by atoms with Crippen LogP contribution in [0.4, 0.5) is 0 Å². The molecule has 2 atom stereocenters. The Labute approximate surface area is 207 Å². The number of methoxy groups -OCH3 is 2. The second-order valence-electron chi connectivity index (χ2n) is 10.8. The fraction of sp³-hybridized carbons (Fsp3) is 0.517. The van der Waals surface area contributed by atoms with E-state index < -0.39 is 5.54 Å². The number of ether oxygens (including phenoxy) is 2. The average molecular weight is 474 g/mol. The normalized spacial score (nSPS) is 30.7. The van der Waals surface area contributed by atoms with Crippen molar-refractivity contribution in [3.63, 3.8) is 0 Å². The van der Waals surface area contributed by atoms with E-state index in [-0.39, 0.29) is 23.5 Å². The molecule has 184 valence electrons. The fourth-order valence-corrected chi connectivity index (χ4v) is 6.88. The summed E-state index contributed by atoms with van der Waals surface area (Å²) in [6.07, 6.45) is 6.98. The second-order valence-corrected chi connectivity index (χ2v) is 10.8. The van der Waals surface area contributed by atoms with Crippen molar-refractivity contribution in [1.82, 2.24) is 4.90 Å². The van der Waals surface area contributed by atoms with Crippen molar-refractivity contribution in [3.8, 4) is 0 Å². The number of nitrogens with two attached hydrogens (primary N) is 1. The zero-order chi connectivity index (χ0) is 24.2.